The second-order valence-electron chi connectivity index (χ2n) is 6.52. The SMILES string of the molecule is CC(=O)N1CCc2cc(NC(=O)CC3CCCCC3)ccc21. The van der Waals surface area contributed by atoms with Gasteiger partial charge in [0.2, 0.25) is 11.8 Å². The average molecular weight is 300 g/mol. The maximum atomic E-state index is 12.2. The van der Waals surface area contributed by atoms with Crippen LogP contribution in [-0.4, -0.2) is 18.4 Å². The third kappa shape index (κ3) is 3.32. The smallest absolute Gasteiger partial charge is 0.224 e. The van der Waals surface area contributed by atoms with E-state index >= 15 is 0 Å². The fourth-order valence-corrected chi connectivity index (χ4v) is 3.67. The third-order valence-electron chi connectivity index (χ3n) is 4.84. The van der Waals surface area contributed by atoms with Crippen LogP contribution in [-0.2, 0) is 16.0 Å². The largest absolute Gasteiger partial charge is 0.326 e. The fourth-order valence-electron chi connectivity index (χ4n) is 3.67. The average Bonchev–Trinajstić information content (AvgIpc) is 2.91. The van der Waals surface area contributed by atoms with E-state index in [1.807, 2.05) is 18.2 Å². The van der Waals surface area contributed by atoms with E-state index < -0.39 is 0 Å². The zero-order valence-corrected chi connectivity index (χ0v) is 13.2. The van der Waals surface area contributed by atoms with E-state index in [1.165, 1.54) is 32.1 Å². The van der Waals surface area contributed by atoms with Gasteiger partial charge in [-0.3, -0.25) is 9.59 Å². The van der Waals surface area contributed by atoms with Gasteiger partial charge < -0.3 is 10.2 Å². The first-order valence-corrected chi connectivity index (χ1v) is 8.34. The number of anilines is 2. The Kier molecular flexibility index (Phi) is 4.46. The molecule has 0 saturated heterocycles. The van der Waals surface area contributed by atoms with Crippen molar-refractivity contribution in [3.8, 4) is 0 Å². The van der Waals surface area contributed by atoms with Crippen molar-refractivity contribution in [1.82, 2.24) is 0 Å². The molecule has 0 atom stereocenters. The maximum absolute atomic E-state index is 12.2. The molecule has 0 spiro atoms. The van der Waals surface area contributed by atoms with Gasteiger partial charge in [0.05, 0.1) is 0 Å². The van der Waals surface area contributed by atoms with Crippen LogP contribution in [0.5, 0.6) is 0 Å². The number of carbonyl (C=O) groups is 2. The molecule has 118 valence electrons. The van der Waals surface area contributed by atoms with Crippen LogP contribution < -0.4 is 10.2 Å². The molecular formula is C18H24N2O2. The molecule has 4 nitrogen and oxygen atoms in total. The minimum Gasteiger partial charge on any atom is -0.326 e. The first kappa shape index (κ1) is 15.1. The molecule has 1 saturated carbocycles. The van der Waals surface area contributed by atoms with Gasteiger partial charge in [-0.15, -0.1) is 0 Å². The van der Waals surface area contributed by atoms with Crippen molar-refractivity contribution in [3.05, 3.63) is 23.8 Å². The zero-order valence-electron chi connectivity index (χ0n) is 13.2. The summed E-state index contributed by atoms with van der Waals surface area (Å²) in [4.78, 5) is 25.5. The Morgan fingerprint density at radius 1 is 1.23 bits per heavy atom. The van der Waals surface area contributed by atoms with Gasteiger partial charge in [-0.05, 0) is 48.9 Å². The van der Waals surface area contributed by atoms with Gasteiger partial charge in [0.1, 0.15) is 0 Å². The highest BCUT2D eigenvalue weighted by atomic mass is 16.2. The Bertz CT molecular complexity index is 576. The van der Waals surface area contributed by atoms with Crippen molar-refractivity contribution in [1.29, 1.82) is 0 Å². The number of amides is 2. The molecule has 0 radical (unpaired) electrons. The predicted molar refractivity (Wildman–Crippen MR) is 88.0 cm³/mol. The van der Waals surface area contributed by atoms with Gasteiger partial charge in [0, 0.05) is 31.3 Å². The lowest BCUT2D eigenvalue weighted by Gasteiger charge is -2.21. The zero-order chi connectivity index (χ0) is 15.5. The highest BCUT2D eigenvalue weighted by molar-refractivity contribution is 5.95. The lowest BCUT2D eigenvalue weighted by Crippen LogP contribution is -2.25. The van der Waals surface area contributed by atoms with Crippen molar-refractivity contribution < 1.29 is 9.59 Å². The van der Waals surface area contributed by atoms with Crippen LogP contribution in [0.4, 0.5) is 11.4 Å². The van der Waals surface area contributed by atoms with Gasteiger partial charge >= 0.3 is 0 Å². The summed E-state index contributed by atoms with van der Waals surface area (Å²) in [5.41, 5.74) is 2.98. The van der Waals surface area contributed by atoms with Crippen molar-refractivity contribution >= 4 is 23.2 Å². The van der Waals surface area contributed by atoms with Gasteiger partial charge in [-0.25, -0.2) is 0 Å². The topological polar surface area (TPSA) is 49.4 Å². The van der Waals surface area contributed by atoms with Crippen LogP contribution in [0.15, 0.2) is 18.2 Å². The molecule has 1 aromatic carbocycles. The van der Waals surface area contributed by atoms with Crippen LogP contribution >= 0.6 is 0 Å². The number of fused-ring (bicyclic) bond motifs is 1. The summed E-state index contributed by atoms with van der Waals surface area (Å²) >= 11 is 0. The molecule has 1 aliphatic heterocycles. The van der Waals surface area contributed by atoms with Crippen molar-refractivity contribution in [2.75, 3.05) is 16.8 Å². The summed E-state index contributed by atoms with van der Waals surface area (Å²) in [6, 6.07) is 5.86. The second-order valence-corrected chi connectivity index (χ2v) is 6.52. The summed E-state index contributed by atoms with van der Waals surface area (Å²) in [5.74, 6) is 0.748. The lowest BCUT2D eigenvalue weighted by atomic mass is 9.87. The molecule has 22 heavy (non-hydrogen) atoms. The Labute approximate surface area is 131 Å². The number of benzene rings is 1. The highest BCUT2D eigenvalue weighted by Gasteiger charge is 2.22. The van der Waals surface area contributed by atoms with Crippen molar-refractivity contribution in [2.24, 2.45) is 5.92 Å². The molecule has 1 N–H and O–H groups in total. The Balaban J connectivity index is 1.61. The lowest BCUT2D eigenvalue weighted by molar-refractivity contribution is -0.117. The van der Waals surface area contributed by atoms with Gasteiger partial charge in [-0.1, -0.05) is 19.3 Å². The molecule has 3 rings (SSSR count). The van der Waals surface area contributed by atoms with Crippen molar-refractivity contribution in [2.45, 2.75) is 51.9 Å². The Hall–Kier alpha value is -1.84. The minimum absolute atomic E-state index is 0.0767. The van der Waals surface area contributed by atoms with Crippen LogP contribution in [0.3, 0.4) is 0 Å². The molecule has 1 fully saturated rings. The summed E-state index contributed by atoms with van der Waals surface area (Å²) in [5, 5.41) is 3.02. The summed E-state index contributed by atoms with van der Waals surface area (Å²) in [6.07, 6.45) is 7.71. The van der Waals surface area contributed by atoms with E-state index in [0.29, 0.717) is 12.3 Å². The molecule has 0 unspecified atom stereocenters. The van der Waals surface area contributed by atoms with E-state index in [4.69, 9.17) is 0 Å². The van der Waals surface area contributed by atoms with Crippen LogP contribution in [0.2, 0.25) is 0 Å². The van der Waals surface area contributed by atoms with Crippen LogP contribution in [0.25, 0.3) is 0 Å². The molecular weight excluding hydrogens is 276 g/mol. The molecule has 0 bridgehead atoms. The Morgan fingerprint density at radius 2 is 2.00 bits per heavy atom. The van der Waals surface area contributed by atoms with Gasteiger partial charge in [-0.2, -0.15) is 0 Å². The number of hydrogen-bond acceptors (Lipinski definition) is 2. The highest BCUT2D eigenvalue weighted by Crippen LogP contribution is 2.31. The van der Waals surface area contributed by atoms with E-state index in [1.54, 1.807) is 11.8 Å². The monoisotopic (exact) mass is 300 g/mol. The van der Waals surface area contributed by atoms with E-state index in [9.17, 15) is 9.59 Å². The van der Waals surface area contributed by atoms with Crippen LogP contribution in [0, 0.1) is 5.92 Å². The van der Waals surface area contributed by atoms with Gasteiger partial charge in [0.25, 0.3) is 0 Å². The van der Waals surface area contributed by atoms with Crippen LogP contribution in [0.1, 0.15) is 51.0 Å². The van der Waals surface area contributed by atoms with E-state index in [2.05, 4.69) is 5.32 Å². The molecule has 1 aliphatic carbocycles. The summed E-state index contributed by atoms with van der Waals surface area (Å²) in [7, 11) is 0. The number of hydrogen-bond donors (Lipinski definition) is 1. The van der Waals surface area contributed by atoms with Crippen molar-refractivity contribution in [3.63, 3.8) is 0 Å². The molecule has 2 aliphatic rings. The molecule has 2 amide bonds. The first-order valence-electron chi connectivity index (χ1n) is 8.34. The molecule has 1 heterocycles. The Morgan fingerprint density at radius 3 is 2.73 bits per heavy atom. The fraction of sp³-hybridized carbons (Fsp3) is 0.556. The first-order chi connectivity index (χ1) is 10.6. The normalized spacial score (nSPS) is 18.1. The molecule has 1 aromatic rings. The number of carbonyl (C=O) groups excluding carboxylic acids is 2. The number of nitrogens with one attached hydrogen (secondary N) is 1. The summed E-state index contributed by atoms with van der Waals surface area (Å²) < 4.78 is 0. The third-order valence-corrected chi connectivity index (χ3v) is 4.84. The molecule has 4 heteroatoms. The predicted octanol–water partition coefficient (Wildman–Crippen LogP) is 3.50. The second kappa shape index (κ2) is 6.51. The quantitative estimate of drug-likeness (QED) is 0.928. The number of nitrogens with zero attached hydrogens (tertiary/aromatic N) is 1. The minimum atomic E-state index is 0.0767. The maximum Gasteiger partial charge on any atom is 0.224 e. The van der Waals surface area contributed by atoms with Gasteiger partial charge in [0.15, 0.2) is 0 Å². The summed E-state index contributed by atoms with van der Waals surface area (Å²) in [6.45, 7) is 2.33. The van der Waals surface area contributed by atoms with E-state index in [0.717, 1.165) is 29.9 Å². The standard InChI is InChI=1S/C18H24N2O2/c1-13(21)20-10-9-15-12-16(7-8-17(15)20)19-18(22)11-14-5-3-2-4-6-14/h7-8,12,14H,2-6,9-11H2,1H3,(H,19,22). The molecule has 0 aromatic heterocycles. The van der Waals surface area contributed by atoms with E-state index in [-0.39, 0.29) is 11.8 Å². The number of rotatable bonds is 3.